The summed E-state index contributed by atoms with van der Waals surface area (Å²) in [4.78, 5) is 11.5. The van der Waals surface area contributed by atoms with Crippen LogP contribution in [0.15, 0.2) is 0 Å². The highest BCUT2D eigenvalue weighted by Crippen LogP contribution is 2.13. The van der Waals surface area contributed by atoms with E-state index in [9.17, 15) is 4.79 Å². The minimum Gasteiger partial charge on any atom is -0.461 e. The average Bonchev–Trinajstić information content (AvgIpc) is 2.45. The lowest BCUT2D eigenvalue weighted by Gasteiger charge is -2.24. The molecule has 5 nitrogen and oxygen atoms in total. The summed E-state index contributed by atoms with van der Waals surface area (Å²) in [6.07, 6.45) is 5.49. The van der Waals surface area contributed by atoms with E-state index in [1.807, 2.05) is 0 Å². The van der Waals surface area contributed by atoms with Gasteiger partial charge in [0.2, 0.25) is 0 Å². The number of piperidine rings is 1. The summed E-state index contributed by atoms with van der Waals surface area (Å²) >= 11 is 0. The number of ether oxygens (including phenoxy) is 3. The molecular weight excluding hydrogens is 234 g/mol. The van der Waals surface area contributed by atoms with Crippen LogP contribution in [0.4, 0.5) is 0 Å². The lowest BCUT2D eigenvalue weighted by atomic mass is 10.1. The number of hydrogen-bond acceptors (Lipinski definition) is 5. The zero-order valence-corrected chi connectivity index (χ0v) is 10.9. The zero-order chi connectivity index (χ0) is 12.6. The Labute approximate surface area is 108 Å². The molecule has 1 N–H and O–H groups in total. The van der Waals surface area contributed by atoms with E-state index in [4.69, 9.17) is 14.2 Å². The second-order valence-electron chi connectivity index (χ2n) is 4.93. The Morgan fingerprint density at radius 2 is 2.06 bits per heavy atom. The Balaban J connectivity index is 1.54. The van der Waals surface area contributed by atoms with Gasteiger partial charge in [0.15, 0.2) is 0 Å². The Bertz CT molecular complexity index is 223. The molecule has 0 aromatic carbocycles. The second kappa shape index (κ2) is 7.71. The first-order valence-corrected chi connectivity index (χ1v) is 6.94. The first-order chi connectivity index (χ1) is 8.84. The lowest BCUT2D eigenvalue weighted by Crippen LogP contribution is -2.34. The third kappa shape index (κ3) is 4.92. The van der Waals surface area contributed by atoms with Crippen molar-refractivity contribution in [1.29, 1.82) is 0 Å². The maximum atomic E-state index is 11.5. The third-order valence-corrected chi connectivity index (χ3v) is 3.43. The van der Waals surface area contributed by atoms with Gasteiger partial charge in [0.1, 0.15) is 13.2 Å². The second-order valence-corrected chi connectivity index (χ2v) is 4.93. The predicted octanol–water partition coefficient (Wildman–Crippen LogP) is 0.867. The van der Waals surface area contributed by atoms with E-state index < -0.39 is 0 Å². The Morgan fingerprint density at radius 3 is 2.78 bits per heavy atom. The van der Waals surface area contributed by atoms with Crippen molar-refractivity contribution in [2.75, 3.05) is 32.9 Å². The van der Waals surface area contributed by atoms with Gasteiger partial charge in [-0.2, -0.15) is 0 Å². The minimum atomic E-state index is -0.275. The monoisotopic (exact) mass is 257 g/mol. The smallest absolute Gasteiger partial charge is 0.332 e. The molecule has 5 heteroatoms. The topological polar surface area (TPSA) is 56.8 Å². The molecule has 2 aliphatic heterocycles. The van der Waals surface area contributed by atoms with Crippen molar-refractivity contribution in [3.8, 4) is 0 Å². The van der Waals surface area contributed by atoms with E-state index in [0.29, 0.717) is 6.61 Å². The summed E-state index contributed by atoms with van der Waals surface area (Å²) in [5.41, 5.74) is 0. The average molecular weight is 257 g/mol. The van der Waals surface area contributed by atoms with Crippen LogP contribution < -0.4 is 5.32 Å². The Kier molecular flexibility index (Phi) is 5.90. The molecular formula is C13H23NO4. The molecule has 0 amide bonds. The van der Waals surface area contributed by atoms with E-state index in [1.54, 1.807) is 0 Å². The standard InChI is InChI=1S/C13H23NO4/c15-13(10-17-11-4-6-14-7-5-11)18-9-12-3-1-2-8-16-12/h11-12,14H,1-10H2. The maximum Gasteiger partial charge on any atom is 0.332 e. The molecule has 2 fully saturated rings. The maximum absolute atomic E-state index is 11.5. The molecule has 0 aliphatic carbocycles. The molecule has 2 rings (SSSR count). The Morgan fingerprint density at radius 1 is 1.22 bits per heavy atom. The van der Waals surface area contributed by atoms with Crippen molar-refractivity contribution in [3.63, 3.8) is 0 Å². The van der Waals surface area contributed by atoms with Crippen LogP contribution in [0.3, 0.4) is 0 Å². The molecule has 18 heavy (non-hydrogen) atoms. The van der Waals surface area contributed by atoms with E-state index in [2.05, 4.69) is 5.32 Å². The van der Waals surface area contributed by atoms with E-state index in [-0.39, 0.29) is 24.8 Å². The summed E-state index contributed by atoms with van der Waals surface area (Å²) < 4.78 is 16.2. The van der Waals surface area contributed by atoms with Crippen molar-refractivity contribution in [2.45, 2.75) is 44.3 Å². The molecule has 0 bridgehead atoms. The summed E-state index contributed by atoms with van der Waals surface area (Å²) in [6, 6.07) is 0. The fourth-order valence-electron chi connectivity index (χ4n) is 2.31. The minimum absolute atomic E-state index is 0.0669. The predicted molar refractivity (Wildman–Crippen MR) is 66.4 cm³/mol. The molecule has 1 unspecified atom stereocenters. The quantitative estimate of drug-likeness (QED) is 0.741. The fourth-order valence-corrected chi connectivity index (χ4v) is 2.31. The summed E-state index contributed by atoms with van der Waals surface area (Å²) in [5.74, 6) is -0.275. The normalized spacial score (nSPS) is 25.9. The third-order valence-electron chi connectivity index (χ3n) is 3.43. The van der Waals surface area contributed by atoms with Gasteiger partial charge < -0.3 is 19.5 Å². The van der Waals surface area contributed by atoms with Gasteiger partial charge in [-0.1, -0.05) is 0 Å². The van der Waals surface area contributed by atoms with E-state index in [0.717, 1.165) is 51.8 Å². The summed E-state index contributed by atoms with van der Waals surface area (Å²) in [7, 11) is 0. The van der Waals surface area contributed by atoms with Crippen molar-refractivity contribution in [3.05, 3.63) is 0 Å². The lowest BCUT2D eigenvalue weighted by molar-refractivity contribution is -0.156. The van der Waals surface area contributed by atoms with Crippen LogP contribution >= 0.6 is 0 Å². The number of rotatable bonds is 5. The molecule has 0 saturated carbocycles. The molecule has 0 aromatic heterocycles. The molecule has 2 aliphatic rings. The van der Waals surface area contributed by atoms with Gasteiger partial charge in [-0.25, -0.2) is 4.79 Å². The van der Waals surface area contributed by atoms with Crippen molar-refractivity contribution in [2.24, 2.45) is 0 Å². The van der Waals surface area contributed by atoms with Gasteiger partial charge in [-0.3, -0.25) is 0 Å². The van der Waals surface area contributed by atoms with Crippen LogP contribution in [0.1, 0.15) is 32.1 Å². The van der Waals surface area contributed by atoms with Gasteiger partial charge in [0.05, 0.1) is 12.2 Å². The number of carbonyl (C=O) groups is 1. The van der Waals surface area contributed by atoms with Crippen LogP contribution in [-0.2, 0) is 19.0 Å². The molecule has 0 aromatic rings. The van der Waals surface area contributed by atoms with Crippen molar-refractivity contribution in [1.82, 2.24) is 5.32 Å². The van der Waals surface area contributed by atoms with Gasteiger partial charge in [0, 0.05) is 6.61 Å². The van der Waals surface area contributed by atoms with Gasteiger partial charge in [-0.05, 0) is 45.2 Å². The number of hydrogen-bond donors (Lipinski definition) is 1. The van der Waals surface area contributed by atoms with E-state index in [1.165, 1.54) is 0 Å². The molecule has 1 atom stereocenters. The highest BCUT2D eigenvalue weighted by Gasteiger charge is 2.18. The van der Waals surface area contributed by atoms with Crippen molar-refractivity contribution >= 4 is 5.97 Å². The van der Waals surface area contributed by atoms with Crippen LogP contribution in [0.5, 0.6) is 0 Å². The Hall–Kier alpha value is -0.650. The summed E-state index contributed by atoms with van der Waals surface area (Å²) in [5, 5.41) is 3.26. The number of esters is 1. The largest absolute Gasteiger partial charge is 0.461 e. The zero-order valence-electron chi connectivity index (χ0n) is 10.9. The van der Waals surface area contributed by atoms with Crippen molar-refractivity contribution < 1.29 is 19.0 Å². The van der Waals surface area contributed by atoms with Crippen LogP contribution in [0.2, 0.25) is 0 Å². The van der Waals surface area contributed by atoms with Crippen LogP contribution in [-0.4, -0.2) is 51.1 Å². The van der Waals surface area contributed by atoms with Gasteiger partial charge in [0.25, 0.3) is 0 Å². The molecule has 0 spiro atoms. The first kappa shape index (κ1) is 13.8. The van der Waals surface area contributed by atoms with Gasteiger partial charge in [-0.15, -0.1) is 0 Å². The summed E-state index contributed by atoms with van der Waals surface area (Å²) in [6.45, 7) is 3.16. The fraction of sp³-hybridized carbons (Fsp3) is 0.923. The molecule has 0 radical (unpaired) electrons. The van der Waals surface area contributed by atoms with Crippen LogP contribution in [0.25, 0.3) is 0 Å². The first-order valence-electron chi connectivity index (χ1n) is 6.94. The van der Waals surface area contributed by atoms with Gasteiger partial charge >= 0.3 is 5.97 Å². The van der Waals surface area contributed by atoms with Crippen LogP contribution in [0, 0.1) is 0 Å². The highest BCUT2D eigenvalue weighted by atomic mass is 16.6. The molecule has 2 heterocycles. The molecule has 104 valence electrons. The molecule has 2 saturated heterocycles. The highest BCUT2D eigenvalue weighted by molar-refractivity contribution is 5.70. The number of carbonyl (C=O) groups excluding carboxylic acids is 1. The SMILES string of the molecule is O=C(COC1CCNCC1)OCC1CCCCO1. The van der Waals surface area contributed by atoms with E-state index >= 15 is 0 Å². The number of nitrogens with one attached hydrogen (secondary N) is 1.